The zero-order chi connectivity index (χ0) is 14.7. The summed E-state index contributed by atoms with van der Waals surface area (Å²) in [5, 5.41) is 0.828. The summed E-state index contributed by atoms with van der Waals surface area (Å²) < 4.78 is 6.11. The Balaban J connectivity index is 1.55. The van der Waals surface area contributed by atoms with Crippen molar-refractivity contribution in [3.05, 3.63) is 29.3 Å². The quantitative estimate of drug-likeness (QED) is 0.828. The molecule has 2 atom stereocenters. The molecule has 1 heterocycles. The van der Waals surface area contributed by atoms with Crippen molar-refractivity contribution in [3.63, 3.8) is 0 Å². The predicted molar refractivity (Wildman–Crippen MR) is 90.0 cm³/mol. The van der Waals surface area contributed by atoms with Crippen molar-refractivity contribution in [3.8, 4) is 0 Å². The highest BCUT2D eigenvalue weighted by atomic mass is 35.5. The number of halogens is 1. The van der Waals surface area contributed by atoms with E-state index in [2.05, 4.69) is 6.07 Å². The molecule has 1 saturated heterocycles. The van der Waals surface area contributed by atoms with Gasteiger partial charge >= 0.3 is 0 Å². The standard InChI is InChI=1S/C17H24ClNOS/c18-14-5-1-2-6-16(14)21-12-15(19)13-7-10-20-17(11-13)8-3-4-9-17/h1-2,5-6,13,15H,3-4,7-12,19H2. The predicted octanol–water partition coefficient (Wildman–Crippen LogP) is 4.50. The minimum absolute atomic E-state index is 0.162. The van der Waals surface area contributed by atoms with Crippen LogP contribution in [0.2, 0.25) is 5.02 Å². The molecule has 0 aromatic heterocycles. The van der Waals surface area contributed by atoms with E-state index in [1.54, 1.807) is 11.8 Å². The lowest BCUT2D eigenvalue weighted by molar-refractivity contribution is -0.0951. The Morgan fingerprint density at radius 1 is 1.33 bits per heavy atom. The van der Waals surface area contributed by atoms with Gasteiger partial charge in [0.1, 0.15) is 0 Å². The van der Waals surface area contributed by atoms with E-state index >= 15 is 0 Å². The van der Waals surface area contributed by atoms with Crippen molar-refractivity contribution in [1.82, 2.24) is 0 Å². The molecule has 1 saturated carbocycles. The number of nitrogens with two attached hydrogens (primary N) is 1. The molecule has 0 amide bonds. The average Bonchev–Trinajstić information content (AvgIpc) is 2.94. The topological polar surface area (TPSA) is 35.2 Å². The third kappa shape index (κ3) is 3.76. The van der Waals surface area contributed by atoms with Crippen molar-refractivity contribution < 1.29 is 4.74 Å². The van der Waals surface area contributed by atoms with Gasteiger partial charge in [-0.25, -0.2) is 0 Å². The normalized spacial score (nSPS) is 26.1. The fourth-order valence-corrected chi connectivity index (χ4v) is 5.01. The molecule has 1 aromatic carbocycles. The lowest BCUT2D eigenvalue weighted by Crippen LogP contribution is -2.44. The van der Waals surface area contributed by atoms with Crippen LogP contribution in [0, 0.1) is 5.92 Å². The first-order valence-electron chi connectivity index (χ1n) is 7.95. The van der Waals surface area contributed by atoms with Gasteiger partial charge < -0.3 is 10.5 Å². The van der Waals surface area contributed by atoms with Gasteiger partial charge in [-0.3, -0.25) is 0 Å². The number of hydrogen-bond acceptors (Lipinski definition) is 3. The molecule has 2 fully saturated rings. The maximum absolute atomic E-state index is 6.48. The summed E-state index contributed by atoms with van der Waals surface area (Å²) in [5.74, 6) is 1.52. The molecule has 1 aromatic rings. The van der Waals surface area contributed by atoms with Gasteiger partial charge in [0.15, 0.2) is 0 Å². The third-order valence-electron chi connectivity index (χ3n) is 4.92. The number of benzene rings is 1. The number of rotatable bonds is 4. The highest BCUT2D eigenvalue weighted by Gasteiger charge is 2.41. The van der Waals surface area contributed by atoms with Crippen molar-refractivity contribution in [1.29, 1.82) is 0 Å². The third-order valence-corrected chi connectivity index (χ3v) is 6.58. The first kappa shape index (κ1) is 15.7. The second-order valence-corrected chi connectivity index (χ2v) is 7.87. The van der Waals surface area contributed by atoms with Crippen LogP contribution in [0.3, 0.4) is 0 Å². The second kappa shape index (κ2) is 6.91. The lowest BCUT2D eigenvalue weighted by atomic mass is 9.81. The van der Waals surface area contributed by atoms with Gasteiger partial charge in [-0.2, -0.15) is 0 Å². The summed E-state index contributed by atoms with van der Waals surface area (Å²) in [6, 6.07) is 8.24. The Bertz CT molecular complexity index is 476. The lowest BCUT2D eigenvalue weighted by Gasteiger charge is -2.40. The van der Waals surface area contributed by atoms with Crippen LogP contribution in [-0.2, 0) is 4.74 Å². The summed E-state index contributed by atoms with van der Waals surface area (Å²) in [7, 11) is 0. The molecule has 1 aliphatic carbocycles. The van der Waals surface area contributed by atoms with Gasteiger partial charge in [0.05, 0.1) is 10.6 Å². The molecule has 2 nitrogen and oxygen atoms in total. The highest BCUT2D eigenvalue weighted by molar-refractivity contribution is 7.99. The van der Waals surface area contributed by atoms with Gasteiger partial charge in [-0.15, -0.1) is 11.8 Å². The first-order valence-corrected chi connectivity index (χ1v) is 9.32. The van der Waals surface area contributed by atoms with E-state index < -0.39 is 0 Å². The van der Waals surface area contributed by atoms with E-state index in [9.17, 15) is 0 Å². The molecule has 2 unspecified atom stereocenters. The largest absolute Gasteiger partial charge is 0.375 e. The van der Waals surface area contributed by atoms with Crippen molar-refractivity contribution >= 4 is 23.4 Å². The zero-order valence-electron chi connectivity index (χ0n) is 12.4. The number of thioether (sulfide) groups is 1. The molecule has 1 aliphatic heterocycles. The smallest absolute Gasteiger partial charge is 0.0685 e. The Kier molecular flexibility index (Phi) is 5.15. The van der Waals surface area contributed by atoms with Crippen molar-refractivity contribution in [2.45, 2.75) is 55.1 Å². The summed E-state index contributed by atoms with van der Waals surface area (Å²) >= 11 is 7.99. The molecular formula is C17H24ClNOS. The molecule has 2 aliphatic rings. The minimum atomic E-state index is 0.162. The fourth-order valence-electron chi connectivity index (χ4n) is 3.68. The molecular weight excluding hydrogens is 302 g/mol. The van der Waals surface area contributed by atoms with Gasteiger partial charge in [0.25, 0.3) is 0 Å². The molecule has 0 radical (unpaired) electrons. The summed E-state index contributed by atoms with van der Waals surface area (Å²) in [6.07, 6.45) is 7.34. The fraction of sp³-hybridized carbons (Fsp3) is 0.647. The van der Waals surface area contributed by atoms with Crippen LogP contribution >= 0.6 is 23.4 Å². The van der Waals surface area contributed by atoms with Gasteiger partial charge in [-0.1, -0.05) is 36.6 Å². The van der Waals surface area contributed by atoms with E-state index in [0.717, 1.165) is 35.1 Å². The highest BCUT2D eigenvalue weighted by Crippen LogP contribution is 2.43. The Hall–Kier alpha value is -0.220. The number of hydrogen-bond donors (Lipinski definition) is 1. The summed E-state index contributed by atoms with van der Waals surface area (Å²) in [6.45, 7) is 0.884. The van der Waals surface area contributed by atoms with Gasteiger partial charge in [-0.05, 0) is 43.7 Å². The second-order valence-electron chi connectivity index (χ2n) is 6.40. The first-order chi connectivity index (χ1) is 10.2. The summed E-state index contributed by atoms with van der Waals surface area (Å²) in [5.41, 5.74) is 6.64. The van der Waals surface area contributed by atoms with Crippen molar-refractivity contribution in [2.75, 3.05) is 12.4 Å². The van der Waals surface area contributed by atoms with E-state index in [0.29, 0.717) is 5.92 Å². The van der Waals surface area contributed by atoms with Crippen LogP contribution in [-0.4, -0.2) is 24.0 Å². The van der Waals surface area contributed by atoms with Crippen LogP contribution in [0.1, 0.15) is 38.5 Å². The van der Waals surface area contributed by atoms with Crippen LogP contribution < -0.4 is 5.73 Å². The molecule has 2 N–H and O–H groups in total. The maximum Gasteiger partial charge on any atom is 0.0685 e. The molecule has 116 valence electrons. The Labute approximate surface area is 136 Å². The monoisotopic (exact) mass is 325 g/mol. The van der Waals surface area contributed by atoms with E-state index in [4.69, 9.17) is 22.1 Å². The van der Waals surface area contributed by atoms with Crippen LogP contribution in [0.15, 0.2) is 29.2 Å². The molecule has 1 spiro atoms. The Morgan fingerprint density at radius 2 is 2.10 bits per heavy atom. The maximum atomic E-state index is 6.48. The van der Waals surface area contributed by atoms with Crippen molar-refractivity contribution in [2.24, 2.45) is 11.7 Å². The molecule has 0 bridgehead atoms. The average molecular weight is 326 g/mol. The minimum Gasteiger partial charge on any atom is -0.375 e. The van der Waals surface area contributed by atoms with Crippen LogP contribution in [0.4, 0.5) is 0 Å². The number of ether oxygens (including phenoxy) is 1. The molecule has 21 heavy (non-hydrogen) atoms. The molecule has 3 rings (SSSR count). The summed E-state index contributed by atoms with van der Waals surface area (Å²) in [4.78, 5) is 1.14. The molecule has 4 heteroatoms. The van der Waals surface area contributed by atoms with E-state index in [-0.39, 0.29) is 11.6 Å². The van der Waals surface area contributed by atoms with Crippen LogP contribution in [0.25, 0.3) is 0 Å². The van der Waals surface area contributed by atoms with E-state index in [1.807, 2.05) is 18.2 Å². The zero-order valence-corrected chi connectivity index (χ0v) is 14.0. The SMILES string of the molecule is NC(CSc1ccccc1Cl)C1CCOC2(CCCC2)C1. The van der Waals surface area contributed by atoms with Gasteiger partial charge in [0, 0.05) is 23.3 Å². The Morgan fingerprint density at radius 3 is 2.86 bits per heavy atom. The van der Waals surface area contributed by atoms with E-state index in [1.165, 1.54) is 25.7 Å². The van der Waals surface area contributed by atoms with Gasteiger partial charge in [0.2, 0.25) is 0 Å². The van der Waals surface area contributed by atoms with Crippen LogP contribution in [0.5, 0.6) is 0 Å².